The SMILES string of the molecule is C/C(=N\NC(=O)c1ccc(Cl)cc1Cl)C1CC2CCC1C2. The summed E-state index contributed by atoms with van der Waals surface area (Å²) in [5.74, 6) is 1.87. The Morgan fingerprint density at radius 1 is 1.29 bits per heavy atom. The molecule has 2 bridgehead atoms. The molecule has 21 heavy (non-hydrogen) atoms. The van der Waals surface area contributed by atoms with Gasteiger partial charge < -0.3 is 0 Å². The fraction of sp³-hybridized carbons (Fsp3) is 0.500. The number of fused-ring (bicyclic) bond motifs is 2. The van der Waals surface area contributed by atoms with Crippen molar-refractivity contribution in [3.8, 4) is 0 Å². The van der Waals surface area contributed by atoms with Gasteiger partial charge in [0.05, 0.1) is 10.6 Å². The van der Waals surface area contributed by atoms with Crippen LogP contribution in [0.25, 0.3) is 0 Å². The molecule has 1 amide bonds. The molecule has 0 heterocycles. The van der Waals surface area contributed by atoms with Crippen LogP contribution in [0.1, 0.15) is 43.0 Å². The van der Waals surface area contributed by atoms with Crippen molar-refractivity contribution in [1.29, 1.82) is 0 Å². The highest BCUT2D eigenvalue weighted by atomic mass is 35.5. The van der Waals surface area contributed by atoms with Crippen LogP contribution in [0.4, 0.5) is 0 Å². The van der Waals surface area contributed by atoms with Gasteiger partial charge in [0.25, 0.3) is 5.91 Å². The minimum atomic E-state index is -0.292. The third kappa shape index (κ3) is 3.09. The van der Waals surface area contributed by atoms with Crippen molar-refractivity contribution in [3.63, 3.8) is 0 Å². The van der Waals surface area contributed by atoms with E-state index in [2.05, 4.69) is 10.5 Å². The van der Waals surface area contributed by atoms with E-state index < -0.39 is 0 Å². The monoisotopic (exact) mass is 324 g/mol. The number of carbonyl (C=O) groups excluding carboxylic acids is 1. The van der Waals surface area contributed by atoms with Gasteiger partial charge in [-0.3, -0.25) is 4.79 Å². The molecule has 0 radical (unpaired) electrons. The Morgan fingerprint density at radius 3 is 2.71 bits per heavy atom. The van der Waals surface area contributed by atoms with E-state index in [9.17, 15) is 4.79 Å². The summed E-state index contributed by atoms with van der Waals surface area (Å²) in [6, 6.07) is 4.82. The van der Waals surface area contributed by atoms with Crippen LogP contribution in [0.15, 0.2) is 23.3 Å². The van der Waals surface area contributed by atoms with E-state index in [1.165, 1.54) is 25.7 Å². The molecule has 3 atom stereocenters. The number of benzene rings is 1. The number of hydrazone groups is 1. The lowest BCUT2D eigenvalue weighted by Crippen LogP contribution is -2.24. The summed E-state index contributed by atoms with van der Waals surface area (Å²) in [5, 5.41) is 5.14. The van der Waals surface area contributed by atoms with Crippen LogP contribution in [0.2, 0.25) is 10.0 Å². The quantitative estimate of drug-likeness (QED) is 0.643. The van der Waals surface area contributed by atoms with Gasteiger partial charge in [-0.1, -0.05) is 29.6 Å². The summed E-state index contributed by atoms with van der Waals surface area (Å²) in [6.07, 6.45) is 5.21. The highest BCUT2D eigenvalue weighted by molar-refractivity contribution is 6.36. The predicted octanol–water partition coefficient (Wildman–Crippen LogP) is 4.54. The molecular formula is C16H18Cl2N2O. The second-order valence-corrected chi connectivity index (χ2v) is 6.94. The largest absolute Gasteiger partial charge is 0.272 e. The van der Waals surface area contributed by atoms with E-state index in [-0.39, 0.29) is 5.91 Å². The maximum Gasteiger partial charge on any atom is 0.272 e. The molecule has 0 saturated heterocycles. The summed E-state index contributed by atoms with van der Waals surface area (Å²) < 4.78 is 0. The predicted molar refractivity (Wildman–Crippen MR) is 86.0 cm³/mol. The van der Waals surface area contributed by atoms with Crippen LogP contribution in [0, 0.1) is 17.8 Å². The Labute approximate surface area is 134 Å². The average molecular weight is 325 g/mol. The van der Waals surface area contributed by atoms with Gasteiger partial charge in [-0.2, -0.15) is 5.10 Å². The number of nitrogens with zero attached hydrogens (tertiary/aromatic N) is 1. The van der Waals surface area contributed by atoms with Gasteiger partial charge >= 0.3 is 0 Å². The molecule has 0 aromatic heterocycles. The molecule has 2 aliphatic carbocycles. The molecule has 2 aliphatic rings. The van der Waals surface area contributed by atoms with Crippen molar-refractivity contribution >= 4 is 34.8 Å². The number of nitrogens with one attached hydrogen (secondary N) is 1. The number of carbonyl (C=O) groups is 1. The summed E-state index contributed by atoms with van der Waals surface area (Å²) >= 11 is 11.9. The second-order valence-electron chi connectivity index (χ2n) is 6.10. The Hall–Kier alpha value is -1.06. The van der Waals surface area contributed by atoms with E-state index in [1.54, 1.807) is 18.2 Å². The van der Waals surface area contributed by atoms with Crippen molar-refractivity contribution in [2.75, 3.05) is 0 Å². The minimum absolute atomic E-state index is 0.292. The van der Waals surface area contributed by atoms with E-state index in [0.717, 1.165) is 17.5 Å². The number of hydrogen-bond donors (Lipinski definition) is 1. The van der Waals surface area contributed by atoms with E-state index in [0.29, 0.717) is 21.5 Å². The molecule has 1 aromatic carbocycles. The molecule has 2 saturated carbocycles. The van der Waals surface area contributed by atoms with E-state index >= 15 is 0 Å². The van der Waals surface area contributed by atoms with Crippen LogP contribution in [-0.2, 0) is 0 Å². The fourth-order valence-corrected chi connectivity index (χ4v) is 4.21. The van der Waals surface area contributed by atoms with Gasteiger partial charge in [-0.25, -0.2) is 5.43 Å². The van der Waals surface area contributed by atoms with Gasteiger partial charge in [-0.15, -0.1) is 0 Å². The lowest BCUT2D eigenvalue weighted by Gasteiger charge is -2.21. The molecule has 0 aliphatic heterocycles. The van der Waals surface area contributed by atoms with Gasteiger partial charge in [0.15, 0.2) is 0 Å². The molecule has 5 heteroatoms. The number of rotatable bonds is 3. The summed E-state index contributed by atoms with van der Waals surface area (Å²) in [4.78, 5) is 12.1. The third-order valence-electron chi connectivity index (χ3n) is 4.78. The lowest BCUT2D eigenvalue weighted by molar-refractivity contribution is 0.0954. The Morgan fingerprint density at radius 2 is 2.10 bits per heavy atom. The van der Waals surface area contributed by atoms with E-state index in [4.69, 9.17) is 23.2 Å². The number of halogens is 2. The van der Waals surface area contributed by atoms with Crippen LogP contribution >= 0.6 is 23.2 Å². The second kappa shape index (κ2) is 5.98. The van der Waals surface area contributed by atoms with Crippen LogP contribution in [0.3, 0.4) is 0 Å². The summed E-state index contributed by atoms with van der Waals surface area (Å²) in [5.41, 5.74) is 4.04. The zero-order valence-electron chi connectivity index (χ0n) is 11.9. The molecule has 112 valence electrons. The first-order chi connectivity index (χ1) is 10.0. The summed E-state index contributed by atoms with van der Waals surface area (Å²) in [7, 11) is 0. The first kappa shape index (κ1) is 14.9. The minimum Gasteiger partial charge on any atom is -0.267 e. The average Bonchev–Trinajstić information content (AvgIpc) is 3.07. The van der Waals surface area contributed by atoms with Crippen LogP contribution in [0.5, 0.6) is 0 Å². The van der Waals surface area contributed by atoms with Gasteiger partial charge in [0.1, 0.15) is 0 Å². The maximum atomic E-state index is 12.1. The van der Waals surface area contributed by atoms with Crippen LogP contribution in [-0.4, -0.2) is 11.6 Å². The Kier molecular flexibility index (Phi) is 4.23. The van der Waals surface area contributed by atoms with Gasteiger partial charge in [0, 0.05) is 16.7 Å². The molecule has 3 unspecified atom stereocenters. The zero-order valence-corrected chi connectivity index (χ0v) is 13.4. The number of amides is 1. The standard InChI is InChI=1S/C16H18Cl2N2O/c1-9(14-7-10-2-3-11(14)6-10)19-20-16(21)13-5-4-12(17)8-15(13)18/h4-5,8,10-11,14H,2-3,6-7H2,1H3,(H,20,21)/b19-9+. The fourth-order valence-electron chi connectivity index (χ4n) is 3.71. The van der Waals surface area contributed by atoms with Gasteiger partial charge in [-0.05, 0) is 56.2 Å². The molecule has 3 nitrogen and oxygen atoms in total. The van der Waals surface area contributed by atoms with Crippen molar-refractivity contribution in [2.24, 2.45) is 22.9 Å². The van der Waals surface area contributed by atoms with Crippen LogP contribution < -0.4 is 5.43 Å². The summed E-state index contributed by atoms with van der Waals surface area (Å²) in [6.45, 7) is 2.01. The van der Waals surface area contributed by atoms with Crippen molar-refractivity contribution in [3.05, 3.63) is 33.8 Å². The lowest BCUT2D eigenvalue weighted by atomic mass is 9.86. The Bertz CT molecular complexity index is 600. The van der Waals surface area contributed by atoms with Gasteiger partial charge in [0.2, 0.25) is 0 Å². The highest BCUT2D eigenvalue weighted by Crippen LogP contribution is 2.48. The first-order valence-corrected chi connectivity index (χ1v) is 8.09. The molecule has 3 rings (SSSR count). The first-order valence-electron chi connectivity index (χ1n) is 7.34. The highest BCUT2D eigenvalue weighted by Gasteiger charge is 2.40. The van der Waals surface area contributed by atoms with Crippen molar-refractivity contribution < 1.29 is 4.79 Å². The normalized spacial score (nSPS) is 28.0. The van der Waals surface area contributed by atoms with E-state index in [1.807, 2.05) is 6.92 Å². The van der Waals surface area contributed by atoms with Crippen molar-refractivity contribution in [2.45, 2.75) is 32.6 Å². The maximum absolute atomic E-state index is 12.1. The molecular weight excluding hydrogens is 307 g/mol. The molecule has 0 spiro atoms. The Balaban J connectivity index is 1.66. The molecule has 1 aromatic rings. The number of hydrogen-bond acceptors (Lipinski definition) is 2. The smallest absolute Gasteiger partial charge is 0.267 e. The molecule has 2 fully saturated rings. The zero-order chi connectivity index (χ0) is 15.0. The topological polar surface area (TPSA) is 41.5 Å². The third-order valence-corrected chi connectivity index (χ3v) is 5.33. The molecule has 1 N–H and O–H groups in total. The van der Waals surface area contributed by atoms with Crippen molar-refractivity contribution in [1.82, 2.24) is 5.43 Å².